The predicted octanol–water partition coefficient (Wildman–Crippen LogP) is -1.18. The lowest BCUT2D eigenvalue weighted by atomic mass is 10.00. The number of carboxylic acids is 1. The lowest BCUT2D eigenvalue weighted by Crippen LogP contribution is -2.61. The zero-order valence-electron chi connectivity index (χ0n) is 59.0. The summed E-state index contributed by atoms with van der Waals surface area (Å²) in [5.74, 6) is -12.9. The maximum absolute atomic E-state index is 15.1. The van der Waals surface area contributed by atoms with Gasteiger partial charge in [0, 0.05) is 55.2 Å². The number of hydrogen-bond acceptors (Lipinski definition) is 17. The van der Waals surface area contributed by atoms with Gasteiger partial charge in [0.15, 0.2) is 5.96 Å². The van der Waals surface area contributed by atoms with E-state index in [1.165, 1.54) is 29.2 Å². The van der Waals surface area contributed by atoms with Gasteiger partial charge in [-0.15, -0.1) is 0 Å². The Morgan fingerprint density at radius 3 is 1.64 bits per heavy atom. The molecule has 32 nitrogen and oxygen atoms in total. The van der Waals surface area contributed by atoms with Gasteiger partial charge in [-0.2, -0.15) is 12.6 Å². The monoisotopic (exact) mass is 1470 g/mol. The molecule has 33 heteroatoms. The number of H-pyrrole nitrogens is 1. The van der Waals surface area contributed by atoms with E-state index < -0.39 is 157 Å². The first-order chi connectivity index (χ1) is 50.0. The van der Waals surface area contributed by atoms with Crippen LogP contribution in [0, 0.1) is 17.2 Å². The van der Waals surface area contributed by atoms with E-state index >= 15 is 4.79 Å². The number of rotatable bonds is 41. The first-order valence-electron chi connectivity index (χ1n) is 34.6. The van der Waals surface area contributed by atoms with Crippen LogP contribution in [-0.4, -0.2) is 195 Å². The van der Waals surface area contributed by atoms with Crippen LogP contribution in [0.4, 0.5) is 0 Å². The van der Waals surface area contributed by atoms with Crippen molar-refractivity contribution >= 4 is 106 Å². The number of amides is 12. The number of primary amides is 1. The number of carbonyl (C=O) groups excluding carboxylic acids is 12. The Bertz CT molecular complexity index is 3850. The number of benzene rings is 4. The molecule has 21 N–H and O–H groups in total. The number of nitrogens with zero attached hydrogens (tertiary/aromatic N) is 1. The van der Waals surface area contributed by atoms with E-state index in [0.29, 0.717) is 34.0 Å². The fourth-order valence-electron chi connectivity index (χ4n) is 11.9. The molecule has 12 amide bonds. The number of fused-ring (bicyclic) bond motifs is 1. The largest absolute Gasteiger partial charge is 0.508 e. The van der Waals surface area contributed by atoms with Crippen molar-refractivity contribution in [3.8, 4) is 5.75 Å². The summed E-state index contributed by atoms with van der Waals surface area (Å²) in [6.45, 7) is 5.83. The fourth-order valence-corrected chi connectivity index (χ4v) is 12.1. The van der Waals surface area contributed by atoms with Crippen LogP contribution in [0.2, 0.25) is 0 Å². The average molecular weight is 1470 g/mol. The number of para-hydroxylation sites is 1. The molecule has 105 heavy (non-hydrogen) atoms. The summed E-state index contributed by atoms with van der Waals surface area (Å²) < 4.78 is 0. The zero-order chi connectivity index (χ0) is 76.9. The van der Waals surface area contributed by atoms with Crippen molar-refractivity contribution in [2.75, 3.05) is 31.9 Å². The number of nitrogens with one attached hydrogen (secondary N) is 13. The highest BCUT2D eigenvalue weighted by Crippen LogP contribution is 2.23. The number of aliphatic carboxylic acids is 1. The Morgan fingerprint density at radius 2 is 1.05 bits per heavy atom. The minimum Gasteiger partial charge on any atom is -0.508 e. The molecule has 0 spiro atoms. The molecule has 0 bridgehead atoms. The molecule has 1 aromatic heterocycles. The van der Waals surface area contributed by atoms with E-state index in [-0.39, 0.29) is 100 Å². The average Bonchev–Trinajstić information content (AvgIpc) is 1.74. The second kappa shape index (κ2) is 41.3. The molecule has 1 saturated heterocycles. The number of likely N-dealkylation sites (tertiary alicyclic amines) is 1. The summed E-state index contributed by atoms with van der Waals surface area (Å²) in [6.07, 6.45) is 0.972. The third-order valence-corrected chi connectivity index (χ3v) is 17.5. The van der Waals surface area contributed by atoms with Gasteiger partial charge in [0.1, 0.15) is 66.7 Å². The summed E-state index contributed by atoms with van der Waals surface area (Å²) in [6, 6.07) is 16.6. The quantitative estimate of drug-likeness (QED) is 0.00948. The van der Waals surface area contributed by atoms with Crippen LogP contribution in [0.5, 0.6) is 5.75 Å². The van der Waals surface area contributed by atoms with Crippen molar-refractivity contribution in [2.24, 2.45) is 29.0 Å². The molecule has 0 radical (unpaired) electrons. The summed E-state index contributed by atoms with van der Waals surface area (Å²) in [5.41, 5.74) is 20.4. The summed E-state index contributed by atoms with van der Waals surface area (Å²) in [5, 5.41) is 56.3. The number of carboxylic acid groups (broad SMARTS) is 1. The normalized spacial score (nSPS) is 15.2. The minimum absolute atomic E-state index is 0.0122. The highest BCUT2D eigenvalue weighted by atomic mass is 32.1. The standard InChI is InChI=1S/C72H97N17O15S/c1-40(2)29-51(63(96)80-38-61(93)94)82-67(100)54(34-45-36-78-49-20-12-11-19-47(45)49)85-68(101)55(35-59(74)91)86-65(98)52(30-41(3)4)83-69(102)57(39-105)88-70(103)58-22-14-28-89(58)71(104)56(33-43-17-9-6-10-18-43)87-66(99)53(32-44-23-25-46(90)26-24-44)84-64(97)50(21-13-27-77-72(75)76)81-60(92)37-79-62(95)48(73)31-42-15-7-5-8-16-42/h5-12,15-20,23-26,36,40-41,48,50-58,78,90,105H,13-14,21-22,27-35,37-39,73H2,1-4H3,(H2,74,91)(H,79,95)(H,80,96)(H,81,92)(H,82,100)(H,83,102)(H,84,97)(H,85,101)(H,86,98)(H,87,99)(H,88,103)(H,93,94)(H4,75,76,77)/t48-,50-,51-,52-,53-,54-,55-,56-,57-,58-/m0/s1. The summed E-state index contributed by atoms with van der Waals surface area (Å²) in [7, 11) is 0. The predicted molar refractivity (Wildman–Crippen MR) is 392 cm³/mol. The van der Waals surface area contributed by atoms with Gasteiger partial charge in [0.2, 0.25) is 70.9 Å². The lowest BCUT2D eigenvalue weighted by molar-refractivity contribution is -0.142. The van der Waals surface area contributed by atoms with Gasteiger partial charge < -0.3 is 95.8 Å². The van der Waals surface area contributed by atoms with Crippen LogP contribution in [0.25, 0.3) is 10.9 Å². The smallest absolute Gasteiger partial charge is 0.322 e. The maximum Gasteiger partial charge on any atom is 0.322 e. The summed E-state index contributed by atoms with van der Waals surface area (Å²) >= 11 is 4.38. The fraction of sp³-hybridized carbons (Fsp3) is 0.444. The molecule has 0 unspecified atom stereocenters. The van der Waals surface area contributed by atoms with Crippen LogP contribution in [-0.2, 0) is 88.0 Å². The number of phenols is 1. The Labute approximate surface area is 613 Å². The number of aromatic hydroxyl groups is 1. The van der Waals surface area contributed by atoms with Crippen LogP contribution in [0.15, 0.2) is 115 Å². The van der Waals surface area contributed by atoms with Crippen molar-refractivity contribution in [2.45, 2.75) is 159 Å². The van der Waals surface area contributed by atoms with Gasteiger partial charge in [-0.3, -0.25) is 67.7 Å². The molecule has 2 heterocycles. The Hall–Kier alpha value is -11.1. The van der Waals surface area contributed by atoms with E-state index in [2.05, 4.69) is 76.1 Å². The molecular weight excluding hydrogens is 1370 g/mol. The van der Waals surface area contributed by atoms with Gasteiger partial charge in [-0.05, 0) is 97.2 Å². The van der Waals surface area contributed by atoms with E-state index in [1.54, 1.807) is 113 Å². The van der Waals surface area contributed by atoms with E-state index in [9.17, 15) is 67.7 Å². The third-order valence-electron chi connectivity index (χ3n) is 17.1. The molecule has 4 aromatic carbocycles. The first kappa shape index (κ1) is 82.9. The molecule has 0 saturated carbocycles. The van der Waals surface area contributed by atoms with Crippen LogP contribution < -0.4 is 75.7 Å². The molecule has 10 atom stereocenters. The number of nitrogens with two attached hydrogens (primary N) is 3. The first-order valence-corrected chi connectivity index (χ1v) is 35.2. The van der Waals surface area contributed by atoms with Gasteiger partial charge in [0.05, 0.1) is 19.0 Å². The second-order valence-electron chi connectivity index (χ2n) is 26.6. The molecule has 1 aliphatic heterocycles. The number of guanidine groups is 1. The number of phenolic OH excluding ortho intramolecular Hbond substituents is 1. The summed E-state index contributed by atoms with van der Waals surface area (Å²) in [4.78, 5) is 185. The molecular formula is C72H97N17O15S. The molecule has 1 fully saturated rings. The van der Waals surface area contributed by atoms with Gasteiger partial charge in [-0.25, -0.2) is 0 Å². The minimum atomic E-state index is -1.76. The van der Waals surface area contributed by atoms with E-state index in [0.717, 1.165) is 5.56 Å². The molecule has 6 rings (SSSR count). The van der Waals surface area contributed by atoms with Crippen LogP contribution in [0.3, 0.4) is 0 Å². The highest BCUT2D eigenvalue weighted by molar-refractivity contribution is 7.80. The third kappa shape index (κ3) is 27.2. The van der Waals surface area contributed by atoms with Gasteiger partial charge in [-0.1, -0.05) is 119 Å². The van der Waals surface area contributed by atoms with E-state index in [1.807, 2.05) is 6.07 Å². The maximum atomic E-state index is 15.1. The van der Waals surface area contributed by atoms with E-state index in [4.69, 9.17) is 22.6 Å². The lowest BCUT2D eigenvalue weighted by Gasteiger charge is -2.31. The van der Waals surface area contributed by atoms with Crippen LogP contribution >= 0.6 is 12.6 Å². The Morgan fingerprint density at radius 1 is 0.552 bits per heavy atom. The zero-order valence-corrected chi connectivity index (χ0v) is 59.9. The highest BCUT2D eigenvalue weighted by Gasteiger charge is 2.41. The number of aromatic nitrogens is 1. The van der Waals surface area contributed by atoms with Crippen LogP contribution in [0.1, 0.15) is 94.9 Å². The number of thiol groups is 1. The van der Waals surface area contributed by atoms with Crippen molar-refractivity contribution in [3.05, 3.63) is 138 Å². The second-order valence-corrected chi connectivity index (χ2v) is 26.9. The van der Waals surface area contributed by atoms with Crippen molar-refractivity contribution in [1.82, 2.24) is 68.4 Å². The number of aromatic amines is 1. The van der Waals surface area contributed by atoms with Gasteiger partial charge >= 0.3 is 5.97 Å². The van der Waals surface area contributed by atoms with Crippen molar-refractivity contribution in [1.29, 1.82) is 5.41 Å². The topological polar surface area (TPSA) is 516 Å². The Kier molecular flexibility index (Phi) is 32.6. The van der Waals surface area contributed by atoms with Gasteiger partial charge in [0.25, 0.3) is 0 Å². The number of carbonyl (C=O) groups is 13. The molecule has 0 aliphatic carbocycles. The molecule has 566 valence electrons. The molecule has 1 aliphatic rings. The SMILES string of the molecule is CC(C)C[C@H](NC(=O)[C@H](Cc1c[nH]c2ccccc12)NC(=O)[C@H](CC(N)=O)NC(=O)[C@H](CC(C)C)NC(=O)[C@H](CS)NC(=O)[C@@H]1CCCN1C(=O)[C@H](Cc1ccccc1)NC(=O)[C@H](Cc1ccc(O)cc1)NC(=O)[C@H](CCCNC(=N)N)NC(=O)CNC(=O)[C@@H](N)Cc1ccccc1)C(=O)NCC(=O)O. The number of hydrogen-bond donors (Lipinski definition) is 19. The molecule has 5 aromatic rings. The van der Waals surface area contributed by atoms with Crippen molar-refractivity contribution in [3.63, 3.8) is 0 Å². The Balaban J connectivity index is 1.19. The van der Waals surface area contributed by atoms with Crippen molar-refractivity contribution < 1.29 is 72.5 Å².